The molecule has 3 aliphatic heterocycles. The van der Waals surface area contributed by atoms with E-state index in [1.807, 2.05) is 0 Å². The van der Waals surface area contributed by atoms with E-state index in [1.54, 1.807) is 0 Å². The van der Waals surface area contributed by atoms with E-state index in [2.05, 4.69) is 43.0 Å². The molecule has 0 amide bonds. The predicted molar refractivity (Wildman–Crippen MR) is 106 cm³/mol. The van der Waals surface area contributed by atoms with Crippen molar-refractivity contribution in [2.45, 2.75) is 69.8 Å². The summed E-state index contributed by atoms with van der Waals surface area (Å²) in [6.45, 7) is 7.41. The van der Waals surface area contributed by atoms with Crippen molar-refractivity contribution in [2.24, 2.45) is 23.7 Å². The molecule has 0 bridgehead atoms. The van der Waals surface area contributed by atoms with Crippen LogP contribution in [0.4, 0.5) is 0 Å². The minimum atomic E-state index is -0.347. The summed E-state index contributed by atoms with van der Waals surface area (Å²) in [5, 5.41) is 0. The topological polar surface area (TPSA) is 42.1 Å². The van der Waals surface area contributed by atoms with Crippen LogP contribution in [-0.4, -0.2) is 41.3 Å². The highest BCUT2D eigenvalue weighted by Crippen LogP contribution is 2.66. The van der Waals surface area contributed by atoms with Crippen molar-refractivity contribution in [3.05, 3.63) is 35.4 Å². The number of esters is 1. The number of carbonyl (C=O) groups is 1. The Labute approximate surface area is 167 Å². The van der Waals surface area contributed by atoms with Gasteiger partial charge in [-0.05, 0) is 56.1 Å². The van der Waals surface area contributed by atoms with Crippen molar-refractivity contribution in [3.63, 3.8) is 0 Å². The molecule has 1 spiro atoms. The molecular weight excluding hydrogens is 350 g/mol. The normalized spacial score (nSPS) is 46.8. The highest BCUT2D eigenvalue weighted by molar-refractivity contribution is 5.77. The molecule has 1 aromatic rings. The summed E-state index contributed by atoms with van der Waals surface area (Å²) in [5.41, 5.74) is 2.48. The van der Waals surface area contributed by atoms with Crippen LogP contribution in [-0.2, 0) is 27.2 Å². The molecule has 150 valence electrons. The SMILES string of the molecule is CC1CCC2C(CN3CCc4ccccc4C3)C(=O)OC23C1CCC1(C)OC13. The van der Waals surface area contributed by atoms with Crippen LogP contribution < -0.4 is 0 Å². The number of fused-ring (bicyclic) bond motifs is 2. The summed E-state index contributed by atoms with van der Waals surface area (Å²) < 4.78 is 12.6. The largest absolute Gasteiger partial charge is 0.455 e. The molecular formula is C24H31NO3. The minimum absolute atomic E-state index is 0.00631. The van der Waals surface area contributed by atoms with Gasteiger partial charge in [0.15, 0.2) is 0 Å². The highest BCUT2D eigenvalue weighted by atomic mass is 16.7. The number of carbonyl (C=O) groups excluding carboxylic acids is 1. The molecule has 0 radical (unpaired) electrons. The van der Waals surface area contributed by atoms with Gasteiger partial charge in [-0.15, -0.1) is 0 Å². The number of hydrogen-bond acceptors (Lipinski definition) is 4. The Balaban J connectivity index is 1.28. The maximum atomic E-state index is 13.2. The van der Waals surface area contributed by atoms with Crippen LogP contribution in [0.25, 0.3) is 0 Å². The molecule has 7 unspecified atom stereocenters. The van der Waals surface area contributed by atoms with Gasteiger partial charge < -0.3 is 9.47 Å². The summed E-state index contributed by atoms with van der Waals surface area (Å²) in [7, 11) is 0. The number of hydrogen-bond donors (Lipinski definition) is 0. The molecule has 0 N–H and O–H groups in total. The molecule has 28 heavy (non-hydrogen) atoms. The van der Waals surface area contributed by atoms with E-state index in [4.69, 9.17) is 9.47 Å². The molecule has 6 rings (SSSR count). The molecule has 4 nitrogen and oxygen atoms in total. The number of ether oxygens (including phenoxy) is 2. The maximum Gasteiger partial charge on any atom is 0.311 e. The zero-order valence-electron chi connectivity index (χ0n) is 17.0. The molecule has 3 heterocycles. The van der Waals surface area contributed by atoms with Gasteiger partial charge in [0.2, 0.25) is 0 Å². The third-order valence-corrected chi connectivity index (χ3v) is 8.76. The van der Waals surface area contributed by atoms with Gasteiger partial charge >= 0.3 is 5.97 Å². The van der Waals surface area contributed by atoms with E-state index in [0.29, 0.717) is 17.8 Å². The zero-order valence-corrected chi connectivity index (χ0v) is 17.0. The molecule has 4 heteroatoms. The van der Waals surface area contributed by atoms with E-state index in [9.17, 15) is 4.79 Å². The average Bonchev–Trinajstić information content (AvgIpc) is 3.32. The van der Waals surface area contributed by atoms with Crippen LogP contribution in [0.15, 0.2) is 24.3 Å². The summed E-state index contributed by atoms with van der Waals surface area (Å²) in [6.07, 6.45) is 5.79. The second kappa shape index (κ2) is 5.82. The first-order valence-electron chi connectivity index (χ1n) is 11.2. The second-order valence-electron chi connectivity index (χ2n) is 10.3. The van der Waals surface area contributed by atoms with Gasteiger partial charge in [-0.25, -0.2) is 0 Å². The van der Waals surface area contributed by atoms with Crippen LogP contribution in [0.5, 0.6) is 0 Å². The van der Waals surface area contributed by atoms with Crippen LogP contribution in [0.3, 0.4) is 0 Å². The van der Waals surface area contributed by atoms with Crippen LogP contribution in [0.1, 0.15) is 50.7 Å². The Hall–Kier alpha value is -1.39. The molecule has 0 aromatic heterocycles. The van der Waals surface area contributed by atoms with Crippen molar-refractivity contribution >= 4 is 5.97 Å². The first-order valence-corrected chi connectivity index (χ1v) is 11.2. The lowest BCUT2D eigenvalue weighted by Crippen LogP contribution is -2.58. The Bertz CT molecular complexity index is 824. The maximum absolute atomic E-state index is 13.2. The average molecular weight is 382 g/mol. The van der Waals surface area contributed by atoms with Gasteiger partial charge in [-0.3, -0.25) is 9.69 Å². The molecule has 7 atom stereocenters. The van der Waals surface area contributed by atoms with Crippen molar-refractivity contribution in [2.75, 3.05) is 13.1 Å². The third-order valence-electron chi connectivity index (χ3n) is 8.76. The van der Waals surface area contributed by atoms with Gasteiger partial charge in [0.1, 0.15) is 11.7 Å². The number of rotatable bonds is 2. The van der Waals surface area contributed by atoms with Gasteiger partial charge in [0.25, 0.3) is 0 Å². The van der Waals surface area contributed by atoms with Gasteiger partial charge in [-0.1, -0.05) is 31.2 Å². The summed E-state index contributed by atoms with van der Waals surface area (Å²) in [4.78, 5) is 15.7. The summed E-state index contributed by atoms with van der Waals surface area (Å²) >= 11 is 0. The Kier molecular flexibility index (Phi) is 3.63. The Morgan fingerprint density at radius 3 is 2.82 bits per heavy atom. The minimum Gasteiger partial charge on any atom is -0.455 e. The highest BCUT2D eigenvalue weighted by Gasteiger charge is 2.77. The van der Waals surface area contributed by atoms with E-state index in [1.165, 1.54) is 17.5 Å². The lowest BCUT2D eigenvalue weighted by Gasteiger charge is -2.50. The predicted octanol–water partition coefficient (Wildman–Crippen LogP) is 3.57. The van der Waals surface area contributed by atoms with Gasteiger partial charge in [0, 0.05) is 31.5 Å². The number of benzene rings is 1. The van der Waals surface area contributed by atoms with Crippen LogP contribution >= 0.6 is 0 Å². The Morgan fingerprint density at radius 1 is 1.14 bits per heavy atom. The van der Waals surface area contributed by atoms with Crippen molar-refractivity contribution < 1.29 is 14.3 Å². The van der Waals surface area contributed by atoms with Crippen LogP contribution in [0, 0.1) is 23.7 Å². The number of nitrogens with zero attached hydrogens (tertiary/aromatic N) is 1. The standard InChI is InChI=1S/C24H31NO3/c1-15-7-8-20-18(14-25-12-10-16-5-3-4-6-17(16)13-25)21(26)27-24(20)19(15)9-11-23(2)22(24)28-23/h3-6,15,18-20,22H,7-14H2,1-2H3. The molecule has 5 aliphatic rings. The fraction of sp³-hybridized carbons (Fsp3) is 0.708. The first-order chi connectivity index (χ1) is 13.5. The monoisotopic (exact) mass is 381 g/mol. The summed E-state index contributed by atoms with van der Waals surface area (Å²) in [6, 6.07) is 8.73. The lowest BCUT2D eigenvalue weighted by molar-refractivity contribution is -0.168. The molecule has 1 aromatic carbocycles. The van der Waals surface area contributed by atoms with E-state index in [-0.39, 0.29) is 29.2 Å². The third kappa shape index (κ3) is 2.28. The van der Waals surface area contributed by atoms with Crippen molar-refractivity contribution in [1.82, 2.24) is 4.90 Å². The number of epoxide rings is 1. The van der Waals surface area contributed by atoms with Crippen molar-refractivity contribution in [1.29, 1.82) is 0 Å². The van der Waals surface area contributed by atoms with E-state index in [0.717, 1.165) is 45.3 Å². The molecule has 4 fully saturated rings. The first kappa shape index (κ1) is 17.5. The molecule has 2 saturated carbocycles. The molecule has 2 saturated heterocycles. The van der Waals surface area contributed by atoms with E-state index < -0.39 is 0 Å². The smallest absolute Gasteiger partial charge is 0.311 e. The molecule has 2 aliphatic carbocycles. The fourth-order valence-electron chi connectivity index (χ4n) is 7.25. The van der Waals surface area contributed by atoms with E-state index >= 15 is 0 Å². The summed E-state index contributed by atoms with van der Waals surface area (Å²) in [5.74, 6) is 1.47. The Morgan fingerprint density at radius 2 is 1.96 bits per heavy atom. The van der Waals surface area contributed by atoms with Gasteiger partial charge in [0.05, 0.1) is 11.5 Å². The van der Waals surface area contributed by atoms with Gasteiger partial charge in [-0.2, -0.15) is 0 Å². The van der Waals surface area contributed by atoms with Crippen LogP contribution in [0.2, 0.25) is 0 Å². The second-order valence-corrected chi connectivity index (χ2v) is 10.3. The fourth-order valence-corrected chi connectivity index (χ4v) is 7.25. The lowest BCUT2D eigenvalue weighted by atomic mass is 9.55. The van der Waals surface area contributed by atoms with Crippen molar-refractivity contribution in [3.8, 4) is 0 Å². The quantitative estimate of drug-likeness (QED) is 0.580. The zero-order chi connectivity index (χ0) is 19.1.